The lowest BCUT2D eigenvalue weighted by Gasteiger charge is -2.16. The van der Waals surface area contributed by atoms with Crippen LogP contribution in [0.25, 0.3) is 11.4 Å². The molecular formula is C23H24FN3O3. The number of benzene rings is 2. The average molecular weight is 409 g/mol. The number of halogens is 1. The quantitative estimate of drug-likeness (QED) is 0.628. The third-order valence-corrected chi connectivity index (χ3v) is 4.86. The molecule has 2 aromatic carbocycles. The fourth-order valence-electron chi connectivity index (χ4n) is 3.26. The molecule has 0 saturated heterocycles. The van der Waals surface area contributed by atoms with Crippen LogP contribution in [0.2, 0.25) is 0 Å². The number of nitrogens with zero attached hydrogens (tertiary/aromatic N) is 2. The molecule has 3 aromatic rings. The molecule has 0 fully saturated rings. The topological polar surface area (TPSA) is 84.2 Å². The second-order valence-electron chi connectivity index (χ2n) is 6.97. The molecule has 0 spiro atoms. The highest BCUT2D eigenvalue weighted by Crippen LogP contribution is 2.19. The smallest absolute Gasteiger partial charge is 0.257 e. The number of aryl methyl sites for hydroxylation is 2. The molecule has 6 nitrogen and oxygen atoms in total. The van der Waals surface area contributed by atoms with Gasteiger partial charge in [0.1, 0.15) is 18.2 Å². The molecule has 30 heavy (non-hydrogen) atoms. The monoisotopic (exact) mass is 409 g/mol. The van der Waals surface area contributed by atoms with E-state index in [1.165, 1.54) is 22.8 Å². The maximum atomic E-state index is 13.8. The van der Waals surface area contributed by atoms with Crippen LogP contribution in [0, 0.1) is 12.7 Å². The van der Waals surface area contributed by atoms with E-state index in [2.05, 4.69) is 10.3 Å². The van der Waals surface area contributed by atoms with Crippen LogP contribution < -0.4 is 10.9 Å². The zero-order valence-corrected chi connectivity index (χ0v) is 17.0. The number of rotatable bonds is 7. The van der Waals surface area contributed by atoms with E-state index in [1.807, 2.05) is 19.1 Å². The lowest BCUT2D eigenvalue weighted by Crippen LogP contribution is -2.33. The van der Waals surface area contributed by atoms with Gasteiger partial charge in [0.05, 0.1) is 0 Å². The average Bonchev–Trinajstić information content (AvgIpc) is 2.73. The summed E-state index contributed by atoms with van der Waals surface area (Å²) in [5.41, 5.74) is 2.51. The number of carbonyl (C=O) groups excluding carboxylic acids is 1. The predicted octanol–water partition coefficient (Wildman–Crippen LogP) is 3.09. The van der Waals surface area contributed by atoms with Crippen LogP contribution in [0.3, 0.4) is 0 Å². The van der Waals surface area contributed by atoms with Crippen molar-refractivity contribution in [3.05, 3.63) is 81.5 Å². The molecule has 156 valence electrons. The normalized spacial score (nSPS) is 10.8. The Morgan fingerprint density at radius 1 is 1.20 bits per heavy atom. The van der Waals surface area contributed by atoms with Gasteiger partial charge in [-0.05, 0) is 43.2 Å². The Kier molecular flexibility index (Phi) is 6.74. The maximum Gasteiger partial charge on any atom is 0.257 e. The second kappa shape index (κ2) is 9.45. The summed E-state index contributed by atoms with van der Waals surface area (Å²) in [6, 6.07) is 13.2. The fraction of sp³-hybridized carbons (Fsp3) is 0.261. The van der Waals surface area contributed by atoms with Gasteiger partial charge in [0.25, 0.3) is 5.56 Å². The van der Waals surface area contributed by atoms with E-state index in [-0.39, 0.29) is 25.4 Å². The summed E-state index contributed by atoms with van der Waals surface area (Å²) < 4.78 is 15.0. The first-order valence-electron chi connectivity index (χ1n) is 9.78. The van der Waals surface area contributed by atoms with E-state index in [9.17, 15) is 19.1 Å². The van der Waals surface area contributed by atoms with E-state index in [0.717, 1.165) is 12.0 Å². The van der Waals surface area contributed by atoms with Gasteiger partial charge in [-0.25, -0.2) is 9.37 Å². The third-order valence-electron chi connectivity index (χ3n) is 4.86. The van der Waals surface area contributed by atoms with Gasteiger partial charge in [-0.2, -0.15) is 0 Å². The molecule has 0 aliphatic carbocycles. The van der Waals surface area contributed by atoms with Crippen LogP contribution in [-0.2, 0) is 24.2 Å². The van der Waals surface area contributed by atoms with E-state index >= 15 is 0 Å². The summed E-state index contributed by atoms with van der Waals surface area (Å²) in [6.45, 7) is 3.20. The number of nitrogens with one attached hydrogen (secondary N) is 1. The SMILES string of the molecule is CCc1ccc(NC(=O)Cn2c(-c3cccc(F)c3)nc(C)c(CCO)c2=O)cc1. The zero-order chi connectivity index (χ0) is 21.7. The van der Waals surface area contributed by atoms with Crippen molar-refractivity contribution < 1.29 is 14.3 Å². The molecule has 1 amide bonds. The zero-order valence-electron chi connectivity index (χ0n) is 17.0. The summed E-state index contributed by atoms with van der Waals surface area (Å²) >= 11 is 0. The lowest BCUT2D eigenvalue weighted by molar-refractivity contribution is -0.116. The Morgan fingerprint density at radius 2 is 1.93 bits per heavy atom. The molecule has 7 heteroatoms. The van der Waals surface area contributed by atoms with Crippen molar-refractivity contribution >= 4 is 11.6 Å². The first-order chi connectivity index (χ1) is 14.4. The minimum atomic E-state index is -0.467. The van der Waals surface area contributed by atoms with Gasteiger partial charge >= 0.3 is 0 Å². The maximum absolute atomic E-state index is 13.8. The molecule has 0 bridgehead atoms. The number of aromatic nitrogens is 2. The summed E-state index contributed by atoms with van der Waals surface area (Å²) in [5, 5.41) is 12.1. The van der Waals surface area contributed by atoms with Crippen LogP contribution >= 0.6 is 0 Å². The Bertz CT molecular complexity index is 1110. The molecule has 0 atom stereocenters. The summed E-state index contributed by atoms with van der Waals surface area (Å²) in [4.78, 5) is 30.2. The summed E-state index contributed by atoms with van der Waals surface area (Å²) in [6.07, 6.45) is 1.02. The molecule has 0 aliphatic heterocycles. The number of carbonyl (C=O) groups is 1. The summed E-state index contributed by atoms with van der Waals surface area (Å²) in [7, 11) is 0. The van der Waals surface area contributed by atoms with Crippen LogP contribution in [0.5, 0.6) is 0 Å². The van der Waals surface area contributed by atoms with Crippen LogP contribution in [0.15, 0.2) is 53.3 Å². The van der Waals surface area contributed by atoms with E-state index < -0.39 is 17.3 Å². The molecule has 1 aromatic heterocycles. The van der Waals surface area contributed by atoms with Crippen molar-refractivity contribution in [2.45, 2.75) is 33.2 Å². The molecule has 2 N–H and O–H groups in total. The van der Waals surface area contributed by atoms with Gasteiger partial charge in [0, 0.05) is 35.5 Å². The predicted molar refractivity (Wildman–Crippen MR) is 114 cm³/mol. The molecule has 1 heterocycles. The van der Waals surface area contributed by atoms with Gasteiger partial charge in [-0.3, -0.25) is 14.2 Å². The largest absolute Gasteiger partial charge is 0.396 e. The first kappa shape index (κ1) is 21.4. The molecule has 0 aliphatic rings. The van der Waals surface area contributed by atoms with Gasteiger partial charge < -0.3 is 10.4 Å². The number of aliphatic hydroxyl groups is 1. The lowest BCUT2D eigenvalue weighted by atomic mass is 10.1. The molecule has 0 saturated carbocycles. The second-order valence-corrected chi connectivity index (χ2v) is 6.97. The molecule has 0 radical (unpaired) electrons. The number of aliphatic hydroxyl groups excluding tert-OH is 1. The van der Waals surface area contributed by atoms with Gasteiger partial charge in [0.2, 0.25) is 5.91 Å². The third kappa shape index (κ3) is 4.80. The van der Waals surface area contributed by atoms with Crippen LogP contribution in [0.1, 0.15) is 23.7 Å². The number of hydrogen-bond donors (Lipinski definition) is 2. The summed E-state index contributed by atoms with van der Waals surface area (Å²) in [5.74, 6) is -0.666. The van der Waals surface area contributed by atoms with E-state index in [1.54, 1.807) is 25.1 Å². The first-order valence-corrected chi connectivity index (χ1v) is 9.78. The molecule has 0 unspecified atom stereocenters. The fourth-order valence-corrected chi connectivity index (χ4v) is 3.26. The van der Waals surface area contributed by atoms with Crippen molar-refractivity contribution in [1.29, 1.82) is 0 Å². The minimum absolute atomic E-state index is 0.126. The van der Waals surface area contributed by atoms with Crippen LogP contribution in [0.4, 0.5) is 10.1 Å². The standard InChI is InChI=1S/C23H24FN3O3/c1-3-16-7-9-19(10-8-16)26-21(29)14-27-22(17-5-4-6-18(24)13-17)25-15(2)20(11-12-28)23(27)30/h4-10,13,28H,3,11-12,14H2,1-2H3,(H,26,29). The Labute approximate surface area is 174 Å². The van der Waals surface area contributed by atoms with E-state index in [4.69, 9.17) is 0 Å². The highest BCUT2D eigenvalue weighted by molar-refractivity contribution is 5.90. The Balaban J connectivity index is 1.99. The highest BCUT2D eigenvalue weighted by atomic mass is 19.1. The molecular weight excluding hydrogens is 385 g/mol. The minimum Gasteiger partial charge on any atom is -0.396 e. The van der Waals surface area contributed by atoms with E-state index in [0.29, 0.717) is 22.5 Å². The van der Waals surface area contributed by atoms with Gasteiger partial charge in [-0.15, -0.1) is 0 Å². The van der Waals surface area contributed by atoms with Crippen molar-refractivity contribution in [2.75, 3.05) is 11.9 Å². The highest BCUT2D eigenvalue weighted by Gasteiger charge is 2.18. The van der Waals surface area contributed by atoms with Crippen molar-refractivity contribution in [3.63, 3.8) is 0 Å². The van der Waals surface area contributed by atoms with Gasteiger partial charge in [0.15, 0.2) is 0 Å². The van der Waals surface area contributed by atoms with Crippen molar-refractivity contribution in [3.8, 4) is 11.4 Å². The number of anilines is 1. The Morgan fingerprint density at radius 3 is 2.57 bits per heavy atom. The number of amides is 1. The van der Waals surface area contributed by atoms with Gasteiger partial charge in [-0.1, -0.05) is 31.2 Å². The molecule has 3 rings (SSSR count). The number of hydrogen-bond acceptors (Lipinski definition) is 4. The van der Waals surface area contributed by atoms with Crippen molar-refractivity contribution in [2.24, 2.45) is 0 Å². The van der Waals surface area contributed by atoms with Crippen molar-refractivity contribution in [1.82, 2.24) is 9.55 Å². The Hall–Kier alpha value is -3.32. The van der Waals surface area contributed by atoms with Crippen LogP contribution in [-0.4, -0.2) is 27.2 Å².